The summed E-state index contributed by atoms with van der Waals surface area (Å²) in [5.41, 5.74) is 3.18. The van der Waals surface area contributed by atoms with Gasteiger partial charge < -0.3 is 15.2 Å². The minimum absolute atomic E-state index is 0.209. The number of nitrogens with one attached hydrogen (secondary N) is 1. The molecule has 5 nitrogen and oxygen atoms in total. The summed E-state index contributed by atoms with van der Waals surface area (Å²) in [6.07, 6.45) is -0.727. The molecule has 3 N–H and O–H groups in total. The summed E-state index contributed by atoms with van der Waals surface area (Å²) in [6.45, 7) is 0. The average Bonchev–Trinajstić information content (AvgIpc) is 3.26. The number of hydrogen-bond donors (Lipinski definition) is 3. The number of imidazole rings is 1. The zero-order valence-corrected chi connectivity index (χ0v) is 14.9. The SMILES string of the molecule is O=C(O)c1ccc2nc(-c3ccc(C(O)c4ccc(Cl)s4)cc3)[nH]c2c1. The molecule has 0 spiro atoms. The molecule has 0 radical (unpaired) electrons. The number of benzene rings is 2. The maximum absolute atomic E-state index is 11.1. The summed E-state index contributed by atoms with van der Waals surface area (Å²) < 4.78 is 0.638. The molecule has 2 aromatic carbocycles. The molecule has 26 heavy (non-hydrogen) atoms. The van der Waals surface area contributed by atoms with Gasteiger partial charge in [-0.15, -0.1) is 11.3 Å². The first-order valence-electron chi connectivity index (χ1n) is 7.78. The summed E-state index contributed by atoms with van der Waals surface area (Å²) in [5, 5.41) is 19.5. The van der Waals surface area contributed by atoms with Gasteiger partial charge in [0.25, 0.3) is 0 Å². The first kappa shape index (κ1) is 16.8. The fourth-order valence-electron chi connectivity index (χ4n) is 2.74. The number of aliphatic hydroxyl groups excluding tert-OH is 1. The van der Waals surface area contributed by atoms with Crippen LogP contribution in [0.3, 0.4) is 0 Å². The maximum atomic E-state index is 11.1. The van der Waals surface area contributed by atoms with Crippen LogP contribution >= 0.6 is 22.9 Å². The van der Waals surface area contributed by atoms with E-state index in [1.54, 1.807) is 18.2 Å². The van der Waals surface area contributed by atoms with E-state index < -0.39 is 12.1 Å². The number of carboxylic acids is 1. The first-order chi connectivity index (χ1) is 12.5. The second-order valence-electron chi connectivity index (χ2n) is 5.79. The second-order valence-corrected chi connectivity index (χ2v) is 7.54. The number of carboxylic acid groups (broad SMARTS) is 1. The predicted octanol–water partition coefficient (Wildman–Crippen LogP) is 4.72. The lowest BCUT2D eigenvalue weighted by atomic mass is 10.1. The molecule has 0 aliphatic rings. The molecule has 130 valence electrons. The largest absolute Gasteiger partial charge is 0.478 e. The summed E-state index contributed by atoms with van der Waals surface area (Å²) in [5.74, 6) is -0.335. The number of aromatic carboxylic acids is 1. The van der Waals surface area contributed by atoms with E-state index in [0.29, 0.717) is 21.2 Å². The molecule has 2 aromatic heterocycles. The topological polar surface area (TPSA) is 86.2 Å². The van der Waals surface area contributed by atoms with Gasteiger partial charge in [-0.25, -0.2) is 9.78 Å². The molecule has 0 saturated heterocycles. The molecule has 0 saturated carbocycles. The third kappa shape index (κ3) is 3.10. The van der Waals surface area contributed by atoms with Gasteiger partial charge in [0.2, 0.25) is 0 Å². The van der Waals surface area contributed by atoms with Crippen molar-refractivity contribution >= 4 is 39.9 Å². The summed E-state index contributed by atoms with van der Waals surface area (Å²) in [7, 11) is 0. The van der Waals surface area contributed by atoms with E-state index >= 15 is 0 Å². The number of carbonyl (C=O) groups is 1. The van der Waals surface area contributed by atoms with Crippen LogP contribution in [0.2, 0.25) is 4.34 Å². The average molecular weight is 385 g/mol. The standard InChI is InChI=1S/C19H13ClN2O3S/c20-16-8-7-15(26-16)17(23)10-1-3-11(4-2-10)18-21-13-6-5-12(19(24)25)9-14(13)22-18/h1-9,17,23H,(H,21,22)(H,24,25). The first-order valence-corrected chi connectivity index (χ1v) is 8.97. The Hall–Kier alpha value is -2.67. The van der Waals surface area contributed by atoms with Crippen molar-refractivity contribution in [3.63, 3.8) is 0 Å². The van der Waals surface area contributed by atoms with E-state index in [1.165, 1.54) is 17.4 Å². The van der Waals surface area contributed by atoms with Crippen LogP contribution in [-0.4, -0.2) is 26.2 Å². The minimum Gasteiger partial charge on any atom is -0.478 e. The van der Waals surface area contributed by atoms with Crippen LogP contribution in [0, 0.1) is 0 Å². The number of H-pyrrole nitrogens is 1. The lowest BCUT2D eigenvalue weighted by Gasteiger charge is -2.09. The van der Waals surface area contributed by atoms with Crippen LogP contribution in [0.1, 0.15) is 26.9 Å². The van der Waals surface area contributed by atoms with Crippen LogP contribution < -0.4 is 0 Å². The van der Waals surface area contributed by atoms with E-state index in [2.05, 4.69) is 9.97 Å². The highest BCUT2D eigenvalue weighted by Gasteiger charge is 2.14. The summed E-state index contributed by atoms with van der Waals surface area (Å²) >= 11 is 7.27. The van der Waals surface area contributed by atoms with Gasteiger partial charge in [0.05, 0.1) is 20.9 Å². The number of thiophene rings is 1. The van der Waals surface area contributed by atoms with Crippen molar-refractivity contribution in [2.45, 2.75) is 6.10 Å². The van der Waals surface area contributed by atoms with E-state index in [0.717, 1.165) is 16.0 Å². The molecular weight excluding hydrogens is 372 g/mol. The number of halogens is 1. The monoisotopic (exact) mass is 384 g/mol. The Balaban J connectivity index is 1.64. The molecular formula is C19H13ClN2O3S. The number of fused-ring (bicyclic) bond motifs is 1. The Morgan fingerprint density at radius 1 is 1.12 bits per heavy atom. The van der Waals surface area contributed by atoms with Crippen molar-refractivity contribution in [3.05, 3.63) is 74.9 Å². The summed E-state index contributed by atoms with van der Waals surface area (Å²) in [6, 6.07) is 15.7. The fourth-order valence-corrected chi connectivity index (χ4v) is 3.82. The molecule has 4 rings (SSSR count). The molecule has 2 heterocycles. The lowest BCUT2D eigenvalue weighted by molar-refractivity contribution is 0.0697. The van der Waals surface area contributed by atoms with Crippen molar-refractivity contribution < 1.29 is 15.0 Å². The van der Waals surface area contributed by atoms with Crippen LogP contribution in [0.5, 0.6) is 0 Å². The molecule has 4 aromatic rings. The van der Waals surface area contributed by atoms with Crippen molar-refractivity contribution in [1.29, 1.82) is 0 Å². The zero-order valence-electron chi connectivity index (χ0n) is 13.3. The van der Waals surface area contributed by atoms with E-state index in [-0.39, 0.29) is 5.56 Å². The highest BCUT2D eigenvalue weighted by molar-refractivity contribution is 7.16. The number of aliphatic hydroxyl groups is 1. The van der Waals surface area contributed by atoms with Crippen molar-refractivity contribution in [2.75, 3.05) is 0 Å². The Morgan fingerprint density at radius 2 is 1.88 bits per heavy atom. The highest BCUT2D eigenvalue weighted by Crippen LogP contribution is 2.32. The van der Waals surface area contributed by atoms with E-state index in [1.807, 2.05) is 30.3 Å². The molecule has 1 atom stereocenters. The van der Waals surface area contributed by atoms with E-state index in [9.17, 15) is 9.90 Å². The fraction of sp³-hybridized carbons (Fsp3) is 0.0526. The maximum Gasteiger partial charge on any atom is 0.335 e. The van der Waals surface area contributed by atoms with Gasteiger partial charge in [-0.2, -0.15) is 0 Å². The van der Waals surface area contributed by atoms with Gasteiger partial charge >= 0.3 is 5.97 Å². The van der Waals surface area contributed by atoms with Gasteiger partial charge in [-0.05, 0) is 35.9 Å². The van der Waals surface area contributed by atoms with Crippen LogP contribution in [0.15, 0.2) is 54.6 Å². The smallest absolute Gasteiger partial charge is 0.335 e. The third-order valence-corrected chi connectivity index (χ3v) is 5.38. The normalized spacial score (nSPS) is 12.4. The Labute approximate surface area is 157 Å². The molecule has 1 unspecified atom stereocenters. The minimum atomic E-state index is -0.977. The number of rotatable bonds is 4. The number of hydrogen-bond acceptors (Lipinski definition) is 4. The van der Waals surface area contributed by atoms with Gasteiger partial charge in [0.15, 0.2) is 0 Å². The van der Waals surface area contributed by atoms with Crippen molar-refractivity contribution in [2.24, 2.45) is 0 Å². The molecule has 0 aliphatic heterocycles. The Morgan fingerprint density at radius 3 is 2.54 bits per heavy atom. The Kier molecular flexibility index (Phi) is 4.24. The summed E-state index contributed by atoms with van der Waals surface area (Å²) in [4.78, 5) is 19.5. The predicted molar refractivity (Wildman–Crippen MR) is 102 cm³/mol. The number of aromatic amines is 1. The molecule has 0 fully saturated rings. The lowest BCUT2D eigenvalue weighted by Crippen LogP contribution is -1.96. The molecule has 0 aliphatic carbocycles. The van der Waals surface area contributed by atoms with Crippen molar-refractivity contribution in [3.8, 4) is 11.4 Å². The molecule has 0 bridgehead atoms. The Bertz CT molecular complexity index is 1100. The van der Waals surface area contributed by atoms with Crippen LogP contribution in [0.25, 0.3) is 22.4 Å². The van der Waals surface area contributed by atoms with Crippen molar-refractivity contribution in [1.82, 2.24) is 9.97 Å². The van der Waals surface area contributed by atoms with Gasteiger partial charge in [0.1, 0.15) is 11.9 Å². The number of aromatic nitrogens is 2. The van der Waals surface area contributed by atoms with Crippen LogP contribution in [0.4, 0.5) is 0 Å². The molecule has 7 heteroatoms. The quantitative estimate of drug-likeness (QED) is 0.475. The zero-order chi connectivity index (χ0) is 18.3. The highest BCUT2D eigenvalue weighted by atomic mass is 35.5. The van der Waals surface area contributed by atoms with Gasteiger partial charge in [-0.3, -0.25) is 0 Å². The van der Waals surface area contributed by atoms with Gasteiger partial charge in [-0.1, -0.05) is 35.9 Å². The van der Waals surface area contributed by atoms with Crippen LogP contribution in [-0.2, 0) is 0 Å². The van der Waals surface area contributed by atoms with E-state index in [4.69, 9.17) is 16.7 Å². The number of nitrogens with zero attached hydrogens (tertiary/aromatic N) is 1. The third-order valence-electron chi connectivity index (χ3n) is 4.09. The molecule has 0 amide bonds. The van der Waals surface area contributed by atoms with Gasteiger partial charge in [0, 0.05) is 10.4 Å². The second kappa shape index (κ2) is 6.57.